The molecule has 20 heavy (non-hydrogen) atoms. The van der Waals surface area contributed by atoms with Gasteiger partial charge in [-0.15, -0.1) is 0 Å². The molecular formula is C17H34N2O. The third kappa shape index (κ3) is 5.34. The Morgan fingerprint density at radius 3 is 2.35 bits per heavy atom. The van der Waals surface area contributed by atoms with E-state index in [0.717, 1.165) is 12.5 Å². The number of rotatable bonds is 3. The van der Waals surface area contributed by atoms with E-state index in [2.05, 4.69) is 44.8 Å². The molecule has 118 valence electrons. The average molecular weight is 282 g/mol. The van der Waals surface area contributed by atoms with Gasteiger partial charge in [-0.3, -0.25) is 4.90 Å². The minimum absolute atomic E-state index is 0.0140. The summed E-state index contributed by atoms with van der Waals surface area (Å²) in [4.78, 5) is 2.66. The first-order chi connectivity index (χ1) is 9.23. The van der Waals surface area contributed by atoms with Crippen molar-refractivity contribution in [3.05, 3.63) is 0 Å². The average Bonchev–Trinajstić information content (AvgIpc) is 2.28. The maximum absolute atomic E-state index is 6.13. The molecule has 2 fully saturated rings. The summed E-state index contributed by atoms with van der Waals surface area (Å²) in [5.41, 5.74) is 0.296. The Bertz CT molecular complexity index is 301. The van der Waals surface area contributed by atoms with Gasteiger partial charge in [0, 0.05) is 31.7 Å². The van der Waals surface area contributed by atoms with Crippen LogP contribution in [-0.2, 0) is 4.74 Å². The molecule has 1 heterocycles. The maximum atomic E-state index is 6.13. The normalized spacial score (nSPS) is 32.2. The summed E-state index contributed by atoms with van der Waals surface area (Å²) in [6.45, 7) is 15.9. The van der Waals surface area contributed by atoms with Crippen LogP contribution in [0.3, 0.4) is 0 Å². The summed E-state index contributed by atoms with van der Waals surface area (Å²) in [6, 6.07) is 0. The van der Waals surface area contributed by atoms with Crippen molar-refractivity contribution in [2.75, 3.05) is 26.2 Å². The van der Waals surface area contributed by atoms with E-state index in [4.69, 9.17) is 4.74 Å². The zero-order chi connectivity index (χ0) is 14.8. The predicted octanol–water partition coefficient (Wildman–Crippen LogP) is 3.04. The summed E-state index contributed by atoms with van der Waals surface area (Å²) >= 11 is 0. The summed E-state index contributed by atoms with van der Waals surface area (Å²) in [5, 5.41) is 3.60. The molecule has 3 nitrogen and oxygen atoms in total. The predicted molar refractivity (Wildman–Crippen MR) is 85.1 cm³/mol. The zero-order valence-corrected chi connectivity index (χ0v) is 14.2. The Hall–Kier alpha value is -0.120. The molecule has 1 N–H and O–H groups in total. The Morgan fingerprint density at radius 2 is 1.80 bits per heavy atom. The minimum Gasteiger partial charge on any atom is -0.373 e. The highest BCUT2D eigenvalue weighted by Gasteiger charge is 2.30. The molecule has 2 aliphatic rings. The summed E-state index contributed by atoms with van der Waals surface area (Å²) in [6.07, 6.45) is 5.66. The molecule has 0 aromatic heterocycles. The Balaban J connectivity index is 1.72. The topological polar surface area (TPSA) is 24.5 Å². The fourth-order valence-corrected chi connectivity index (χ4v) is 3.70. The summed E-state index contributed by atoms with van der Waals surface area (Å²) in [5.74, 6) is 0.878. The molecular weight excluding hydrogens is 248 g/mol. The first-order valence-corrected chi connectivity index (χ1v) is 8.39. The largest absolute Gasteiger partial charge is 0.373 e. The Morgan fingerprint density at radius 1 is 1.15 bits per heavy atom. The van der Waals surface area contributed by atoms with Crippen LogP contribution in [0.25, 0.3) is 0 Å². The summed E-state index contributed by atoms with van der Waals surface area (Å²) < 4.78 is 6.13. The molecule has 1 aliphatic heterocycles. The lowest BCUT2D eigenvalue weighted by molar-refractivity contribution is -0.0798. The quantitative estimate of drug-likeness (QED) is 0.861. The Kier molecular flexibility index (Phi) is 5.14. The zero-order valence-electron chi connectivity index (χ0n) is 14.2. The maximum Gasteiger partial charge on any atom is 0.0602 e. The van der Waals surface area contributed by atoms with E-state index in [-0.39, 0.29) is 11.1 Å². The van der Waals surface area contributed by atoms with Crippen LogP contribution in [-0.4, -0.2) is 48.3 Å². The van der Waals surface area contributed by atoms with Crippen LogP contribution in [0.5, 0.6) is 0 Å². The van der Waals surface area contributed by atoms with Crippen LogP contribution >= 0.6 is 0 Å². The molecule has 0 radical (unpaired) electrons. The molecule has 0 amide bonds. The minimum atomic E-state index is 0.0140. The van der Waals surface area contributed by atoms with E-state index >= 15 is 0 Å². The molecule has 1 saturated carbocycles. The fourth-order valence-electron chi connectivity index (χ4n) is 3.70. The van der Waals surface area contributed by atoms with Gasteiger partial charge < -0.3 is 10.1 Å². The van der Waals surface area contributed by atoms with E-state index in [1.54, 1.807) is 0 Å². The van der Waals surface area contributed by atoms with Gasteiger partial charge in [-0.25, -0.2) is 0 Å². The van der Waals surface area contributed by atoms with Crippen LogP contribution in [0.2, 0.25) is 0 Å². The highest BCUT2D eigenvalue weighted by Crippen LogP contribution is 2.30. The van der Waals surface area contributed by atoms with Crippen molar-refractivity contribution in [2.24, 2.45) is 5.92 Å². The van der Waals surface area contributed by atoms with Gasteiger partial charge in [0.25, 0.3) is 0 Å². The van der Waals surface area contributed by atoms with Gasteiger partial charge in [0.1, 0.15) is 0 Å². The van der Waals surface area contributed by atoms with Crippen LogP contribution in [0, 0.1) is 5.92 Å². The highest BCUT2D eigenvalue weighted by atomic mass is 16.5. The smallest absolute Gasteiger partial charge is 0.0602 e. The van der Waals surface area contributed by atoms with Crippen molar-refractivity contribution in [1.29, 1.82) is 0 Å². The lowest BCUT2D eigenvalue weighted by Gasteiger charge is -2.42. The molecule has 0 spiro atoms. The van der Waals surface area contributed by atoms with E-state index < -0.39 is 0 Å². The van der Waals surface area contributed by atoms with Crippen LogP contribution < -0.4 is 5.32 Å². The number of nitrogens with one attached hydrogen (secondary N) is 1. The molecule has 1 aliphatic carbocycles. The van der Waals surface area contributed by atoms with Gasteiger partial charge in [0.2, 0.25) is 0 Å². The van der Waals surface area contributed by atoms with Crippen molar-refractivity contribution in [3.63, 3.8) is 0 Å². The van der Waals surface area contributed by atoms with E-state index in [1.807, 2.05) is 0 Å². The van der Waals surface area contributed by atoms with Gasteiger partial charge in [-0.2, -0.15) is 0 Å². The second-order valence-corrected chi connectivity index (χ2v) is 8.42. The van der Waals surface area contributed by atoms with Gasteiger partial charge >= 0.3 is 0 Å². The molecule has 0 bridgehead atoms. The molecule has 2 rings (SSSR count). The van der Waals surface area contributed by atoms with Crippen molar-refractivity contribution in [2.45, 2.75) is 77.5 Å². The van der Waals surface area contributed by atoms with Crippen molar-refractivity contribution in [3.8, 4) is 0 Å². The molecule has 0 atom stereocenters. The number of nitrogens with zero attached hydrogens (tertiary/aromatic N) is 1. The highest BCUT2D eigenvalue weighted by molar-refractivity contribution is 4.88. The molecule has 0 aromatic rings. The molecule has 1 saturated heterocycles. The molecule has 3 heteroatoms. The lowest BCUT2D eigenvalue weighted by Crippen LogP contribution is -2.57. The van der Waals surface area contributed by atoms with Crippen molar-refractivity contribution in [1.82, 2.24) is 10.2 Å². The third-order valence-corrected chi connectivity index (χ3v) is 4.48. The number of hydrogen-bond acceptors (Lipinski definition) is 3. The third-order valence-electron chi connectivity index (χ3n) is 4.48. The van der Waals surface area contributed by atoms with Crippen LogP contribution in [0.4, 0.5) is 0 Å². The number of ether oxygens (including phenoxy) is 1. The second-order valence-electron chi connectivity index (χ2n) is 8.42. The standard InChI is InChI=1S/C17H34N2O/c1-16(2,3)20-15-8-6-14(7-9-15)12-19-11-10-18-17(4,5)13-19/h14-15,18H,6-13H2,1-5H3/t14-,15-. The summed E-state index contributed by atoms with van der Waals surface area (Å²) in [7, 11) is 0. The first kappa shape index (κ1) is 16.3. The SMILES string of the molecule is CC1(C)CN(C[C@H]2CC[C@H](OC(C)(C)C)CC2)CCN1. The Labute approximate surface area is 125 Å². The van der Waals surface area contributed by atoms with E-state index in [1.165, 1.54) is 45.3 Å². The second kappa shape index (κ2) is 6.33. The monoisotopic (exact) mass is 282 g/mol. The van der Waals surface area contributed by atoms with E-state index in [0.29, 0.717) is 6.10 Å². The first-order valence-electron chi connectivity index (χ1n) is 8.39. The number of piperazine rings is 1. The molecule has 0 unspecified atom stereocenters. The number of hydrogen-bond donors (Lipinski definition) is 1. The van der Waals surface area contributed by atoms with Crippen LogP contribution in [0.15, 0.2) is 0 Å². The van der Waals surface area contributed by atoms with E-state index in [9.17, 15) is 0 Å². The van der Waals surface area contributed by atoms with Gasteiger partial charge in [-0.05, 0) is 66.2 Å². The fraction of sp³-hybridized carbons (Fsp3) is 1.00. The van der Waals surface area contributed by atoms with Gasteiger partial charge in [-0.1, -0.05) is 0 Å². The van der Waals surface area contributed by atoms with Gasteiger partial charge in [0.15, 0.2) is 0 Å². The van der Waals surface area contributed by atoms with Crippen LogP contribution in [0.1, 0.15) is 60.3 Å². The van der Waals surface area contributed by atoms with Crippen molar-refractivity contribution < 1.29 is 4.74 Å². The lowest BCUT2D eigenvalue weighted by atomic mass is 9.86. The molecule has 0 aromatic carbocycles. The van der Waals surface area contributed by atoms with Gasteiger partial charge in [0.05, 0.1) is 11.7 Å². The van der Waals surface area contributed by atoms with Crippen molar-refractivity contribution >= 4 is 0 Å².